The number of nitrogens with zero attached hydrogens (tertiary/aromatic N) is 2. The van der Waals surface area contributed by atoms with Crippen molar-refractivity contribution in [3.8, 4) is 0 Å². The molecule has 0 spiro atoms. The Bertz CT molecular complexity index is 761. The maximum atomic E-state index is 13.5. The molecule has 2 aromatic rings. The van der Waals surface area contributed by atoms with E-state index in [2.05, 4.69) is 9.82 Å². The zero-order chi connectivity index (χ0) is 15.8. The van der Waals surface area contributed by atoms with Gasteiger partial charge in [-0.3, -0.25) is 9.40 Å². The predicted molar refractivity (Wildman–Crippen MR) is 79.2 cm³/mol. The summed E-state index contributed by atoms with van der Waals surface area (Å²) >= 11 is 0. The highest BCUT2D eigenvalue weighted by molar-refractivity contribution is 7.92. The van der Waals surface area contributed by atoms with Crippen molar-refractivity contribution >= 4 is 15.7 Å². The molecule has 0 aliphatic heterocycles. The van der Waals surface area contributed by atoms with Crippen LogP contribution < -0.4 is 4.72 Å². The molecule has 0 saturated heterocycles. The summed E-state index contributed by atoms with van der Waals surface area (Å²) in [4.78, 5) is -0.0778. The third kappa shape index (κ3) is 3.24. The van der Waals surface area contributed by atoms with E-state index in [9.17, 15) is 12.8 Å². The first-order valence-electron chi connectivity index (χ1n) is 6.44. The highest BCUT2D eigenvalue weighted by Crippen LogP contribution is 2.22. The molecular formula is C14H18FN3O2S. The number of rotatable bonds is 3. The number of halogens is 1. The van der Waals surface area contributed by atoms with E-state index in [1.165, 1.54) is 31.3 Å². The van der Waals surface area contributed by atoms with Crippen molar-refractivity contribution in [2.75, 3.05) is 4.72 Å². The van der Waals surface area contributed by atoms with E-state index in [0.717, 1.165) is 0 Å². The topological polar surface area (TPSA) is 64.0 Å². The SMILES string of the molecule is Cc1c(F)cccc1S(=O)(=O)Nc1cnn(C(C)(C)C)c1. The molecule has 1 N–H and O–H groups in total. The Labute approximate surface area is 123 Å². The molecule has 1 aromatic heterocycles. The van der Waals surface area contributed by atoms with Gasteiger partial charge in [0, 0.05) is 11.8 Å². The van der Waals surface area contributed by atoms with Gasteiger partial charge in [0.05, 0.1) is 22.3 Å². The van der Waals surface area contributed by atoms with Crippen LogP contribution in [0.2, 0.25) is 0 Å². The molecule has 0 fully saturated rings. The maximum Gasteiger partial charge on any atom is 0.262 e. The van der Waals surface area contributed by atoms with Crippen LogP contribution >= 0.6 is 0 Å². The number of benzene rings is 1. The van der Waals surface area contributed by atoms with Crippen LogP contribution in [0.25, 0.3) is 0 Å². The van der Waals surface area contributed by atoms with Crippen molar-refractivity contribution < 1.29 is 12.8 Å². The third-order valence-electron chi connectivity index (χ3n) is 3.03. The van der Waals surface area contributed by atoms with Crippen molar-refractivity contribution in [3.63, 3.8) is 0 Å². The summed E-state index contributed by atoms with van der Waals surface area (Å²) in [5.41, 5.74) is 0.181. The van der Waals surface area contributed by atoms with Gasteiger partial charge in [-0.25, -0.2) is 12.8 Å². The molecule has 0 atom stereocenters. The fourth-order valence-corrected chi connectivity index (χ4v) is 3.12. The molecule has 0 aliphatic carbocycles. The van der Waals surface area contributed by atoms with E-state index >= 15 is 0 Å². The lowest BCUT2D eigenvalue weighted by molar-refractivity contribution is 0.355. The van der Waals surface area contributed by atoms with Crippen LogP contribution in [0.5, 0.6) is 0 Å². The second-order valence-electron chi connectivity index (χ2n) is 5.81. The average Bonchev–Trinajstić information content (AvgIpc) is 2.80. The van der Waals surface area contributed by atoms with Crippen LogP contribution in [0.4, 0.5) is 10.1 Å². The van der Waals surface area contributed by atoms with Gasteiger partial charge in [0.25, 0.3) is 10.0 Å². The van der Waals surface area contributed by atoms with Gasteiger partial charge in [-0.05, 0) is 39.8 Å². The van der Waals surface area contributed by atoms with Gasteiger partial charge >= 0.3 is 0 Å². The van der Waals surface area contributed by atoms with Crippen LogP contribution in [0.3, 0.4) is 0 Å². The number of hydrogen-bond acceptors (Lipinski definition) is 3. The Morgan fingerprint density at radius 1 is 1.29 bits per heavy atom. The number of nitrogens with one attached hydrogen (secondary N) is 1. The van der Waals surface area contributed by atoms with Gasteiger partial charge in [-0.15, -0.1) is 0 Å². The van der Waals surface area contributed by atoms with E-state index in [4.69, 9.17) is 0 Å². The summed E-state index contributed by atoms with van der Waals surface area (Å²) < 4.78 is 42.2. The second-order valence-corrected chi connectivity index (χ2v) is 7.46. The molecule has 0 amide bonds. The maximum absolute atomic E-state index is 13.5. The van der Waals surface area contributed by atoms with Gasteiger partial charge < -0.3 is 0 Å². The Kier molecular flexibility index (Phi) is 3.79. The van der Waals surface area contributed by atoms with Crippen LogP contribution in [0.1, 0.15) is 26.3 Å². The lowest BCUT2D eigenvalue weighted by Crippen LogP contribution is -2.22. The van der Waals surface area contributed by atoms with Crippen molar-refractivity contribution in [1.82, 2.24) is 9.78 Å². The van der Waals surface area contributed by atoms with Crippen molar-refractivity contribution in [3.05, 3.63) is 42.0 Å². The molecule has 2 rings (SSSR count). The molecule has 0 bridgehead atoms. The fourth-order valence-electron chi connectivity index (χ4n) is 1.83. The Morgan fingerprint density at radius 3 is 2.52 bits per heavy atom. The molecule has 5 nitrogen and oxygen atoms in total. The standard InChI is InChI=1S/C14H18FN3O2S/c1-10-12(15)6-5-7-13(10)21(19,20)17-11-8-16-18(9-11)14(2,3)4/h5-9,17H,1-4H3. The van der Waals surface area contributed by atoms with E-state index in [-0.39, 0.29) is 16.0 Å². The van der Waals surface area contributed by atoms with Gasteiger partial charge in [0.15, 0.2) is 0 Å². The van der Waals surface area contributed by atoms with Gasteiger partial charge in [-0.1, -0.05) is 6.07 Å². The number of aromatic nitrogens is 2. The highest BCUT2D eigenvalue weighted by Gasteiger charge is 2.21. The summed E-state index contributed by atoms with van der Waals surface area (Å²) in [6.45, 7) is 7.29. The third-order valence-corrected chi connectivity index (χ3v) is 4.56. The fraction of sp³-hybridized carbons (Fsp3) is 0.357. The first-order valence-corrected chi connectivity index (χ1v) is 7.93. The molecule has 114 valence electrons. The summed E-state index contributed by atoms with van der Waals surface area (Å²) in [5, 5.41) is 4.12. The zero-order valence-electron chi connectivity index (χ0n) is 12.4. The van der Waals surface area contributed by atoms with Crippen LogP contribution in [-0.2, 0) is 15.6 Å². The normalized spacial score (nSPS) is 12.4. The summed E-state index contributed by atoms with van der Waals surface area (Å²) in [6, 6.07) is 3.97. The van der Waals surface area contributed by atoms with Crippen molar-refractivity contribution in [2.24, 2.45) is 0 Å². The first kappa shape index (κ1) is 15.5. The molecule has 0 radical (unpaired) electrons. The van der Waals surface area contributed by atoms with Gasteiger partial charge in [0.2, 0.25) is 0 Å². The monoisotopic (exact) mass is 311 g/mol. The van der Waals surface area contributed by atoms with Crippen LogP contribution in [0, 0.1) is 12.7 Å². The minimum absolute atomic E-state index is 0.0778. The minimum Gasteiger partial charge on any atom is -0.276 e. The zero-order valence-corrected chi connectivity index (χ0v) is 13.2. The summed E-state index contributed by atoms with van der Waals surface area (Å²) in [6.07, 6.45) is 3.03. The van der Waals surface area contributed by atoms with E-state index in [1.54, 1.807) is 10.9 Å². The molecular weight excluding hydrogens is 293 g/mol. The Morgan fingerprint density at radius 2 is 1.95 bits per heavy atom. The van der Waals surface area contributed by atoms with Crippen molar-refractivity contribution in [2.45, 2.75) is 38.1 Å². The smallest absolute Gasteiger partial charge is 0.262 e. The Balaban J connectivity index is 2.34. The molecule has 0 saturated carbocycles. The van der Waals surface area contributed by atoms with Crippen LogP contribution in [0.15, 0.2) is 35.5 Å². The molecule has 1 heterocycles. The van der Waals surface area contributed by atoms with E-state index in [0.29, 0.717) is 5.69 Å². The lowest BCUT2D eigenvalue weighted by Gasteiger charge is -2.18. The molecule has 1 aromatic carbocycles. The largest absolute Gasteiger partial charge is 0.276 e. The highest BCUT2D eigenvalue weighted by atomic mass is 32.2. The molecule has 0 aliphatic rings. The predicted octanol–water partition coefficient (Wildman–Crippen LogP) is 2.89. The minimum atomic E-state index is -3.84. The number of hydrogen-bond donors (Lipinski definition) is 1. The number of sulfonamides is 1. The average molecular weight is 311 g/mol. The molecule has 0 unspecified atom stereocenters. The summed E-state index contributed by atoms with van der Waals surface area (Å²) in [7, 11) is -3.84. The second kappa shape index (κ2) is 5.14. The number of anilines is 1. The molecule has 7 heteroatoms. The van der Waals surface area contributed by atoms with Crippen LogP contribution in [-0.4, -0.2) is 18.2 Å². The van der Waals surface area contributed by atoms with Gasteiger partial charge in [0.1, 0.15) is 5.82 Å². The van der Waals surface area contributed by atoms with E-state index < -0.39 is 15.8 Å². The van der Waals surface area contributed by atoms with E-state index in [1.807, 2.05) is 20.8 Å². The first-order chi connectivity index (χ1) is 9.61. The lowest BCUT2D eigenvalue weighted by atomic mass is 10.1. The Hall–Kier alpha value is -1.89. The summed E-state index contributed by atoms with van der Waals surface area (Å²) in [5.74, 6) is -0.553. The van der Waals surface area contributed by atoms with Gasteiger partial charge in [-0.2, -0.15) is 5.10 Å². The van der Waals surface area contributed by atoms with Crippen molar-refractivity contribution in [1.29, 1.82) is 0 Å². The molecule has 21 heavy (non-hydrogen) atoms. The quantitative estimate of drug-likeness (QED) is 0.948.